The van der Waals surface area contributed by atoms with Crippen molar-refractivity contribution >= 4 is 0 Å². The number of nitrogens with zero attached hydrogens (tertiary/aromatic N) is 3. The van der Waals surface area contributed by atoms with Crippen LogP contribution < -0.4 is 14.8 Å². The van der Waals surface area contributed by atoms with Gasteiger partial charge in [-0.2, -0.15) is 15.0 Å². The lowest BCUT2D eigenvalue weighted by atomic mass is 10.1. The Morgan fingerprint density at radius 1 is 0.839 bits per heavy atom. The molecule has 0 saturated carbocycles. The summed E-state index contributed by atoms with van der Waals surface area (Å²) in [6, 6.07) is 22.3. The summed E-state index contributed by atoms with van der Waals surface area (Å²) in [5.74, 6) is 1.30. The van der Waals surface area contributed by atoms with E-state index in [2.05, 4.69) is 5.32 Å². The SMILES string of the molecule is Fc1ccc(Cn2nc(CNCc3ccc4c(c3)OCO4)c(-c3ccccc3)n2)cc1. The first-order chi connectivity index (χ1) is 15.2. The molecule has 0 radical (unpaired) electrons. The molecule has 1 N–H and O–H groups in total. The number of aromatic nitrogens is 3. The number of nitrogens with one attached hydrogen (secondary N) is 1. The van der Waals surface area contributed by atoms with E-state index in [1.165, 1.54) is 12.1 Å². The summed E-state index contributed by atoms with van der Waals surface area (Å²) in [7, 11) is 0. The fourth-order valence-electron chi connectivity index (χ4n) is 3.52. The van der Waals surface area contributed by atoms with Gasteiger partial charge in [0.05, 0.1) is 6.54 Å². The van der Waals surface area contributed by atoms with E-state index in [4.69, 9.17) is 19.7 Å². The molecule has 5 rings (SSSR count). The highest BCUT2D eigenvalue weighted by atomic mass is 19.1. The van der Waals surface area contributed by atoms with Crippen molar-refractivity contribution in [1.82, 2.24) is 20.3 Å². The third kappa shape index (κ3) is 4.41. The van der Waals surface area contributed by atoms with Gasteiger partial charge in [0.1, 0.15) is 17.2 Å². The van der Waals surface area contributed by atoms with E-state index in [9.17, 15) is 4.39 Å². The van der Waals surface area contributed by atoms with E-state index in [-0.39, 0.29) is 12.6 Å². The summed E-state index contributed by atoms with van der Waals surface area (Å²) >= 11 is 0. The number of benzene rings is 3. The Hall–Kier alpha value is -3.71. The van der Waals surface area contributed by atoms with Crippen LogP contribution in [0.5, 0.6) is 11.5 Å². The lowest BCUT2D eigenvalue weighted by Crippen LogP contribution is -2.14. The molecule has 1 aliphatic heterocycles. The highest BCUT2D eigenvalue weighted by Crippen LogP contribution is 2.32. The number of rotatable bonds is 7. The standard InChI is InChI=1S/C24H21FN4O2/c25-20-9-6-17(7-10-20)15-29-27-21(24(28-29)19-4-2-1-3-5-19)14-26-13-18-8-11-22-23(12-18)31-16-30-22/h1-12,26H,13-16H2. The Bertz CT molecular complexity index is 1180. The number of hydrogen-bond donors (Lipinski definition) is 1. The fraction of sp³-hybridized carbons (Fsp3) is 0.167. The summed E-state index contributed by atoms with van der Waals surface area (Å²) in [4.78, 5) is 1.66. The molecule has 6 nitrogen and oxygen atoms in total. The van der Waals surface area contributed by atoms with E-state index in [1.807, 2.05) is 48.5 Å². The summed E-state index contributed by atoms with van der Waals surface area (Å²) in [6.07, 6.45) is 0. The van der Waals surface area contributed by atoms with Crippen molar-refractivity contribution in [3.63, 3.8) is 0 Å². The maximum absolute atomic E-state index is 13.2. The van der Waals surface area contributed by atoms with E-state index in [0.29, 0.717) is 19.6 Å². The highest BCUT2D eigenvalue weighted by molar-refractivity contribution is 5.60. The van der Waals surface area contributed by atoms with Crippen molar-refractivity contribution < 1.29 is 13.9 Å². The summed E-state index contributed by atoms with van der Waals surface area (Å²) in [5.41, 5.74) is 4.74. The monoisotopic (exact) mass is 416 g/mol. The maximum atomic E-state index is 13.2. The molecule has 0 spiro atoms. The second-order valence-corrected chi connectivity index (χ2v) is 7.31. The van der Waals surface area contributed by atoms with Crippen molar-refractivity contribution in [2.75, 3.05) is 6.79 Å². The van der Waals surface area contributed by atoms with Gasteiger partial charge in [0.15, 0.2) is 11.5 Å². The van der Waals surface area contributed by atoms with Gasteiger partial charge < -0.3 is 14.8 Å². The van der Waals surface area contributed by atoms with Crippen LogP contribution in [0.2, 0.25) is 0 Å². The van der Waals surface area contributed by atoms with Crippen LogP contribution in [0.4, 0.5) is 4.39 Å². The quantitative estimate of drug-likeness (QED) is 0.490. The van der Waals surface area contributed by atoms with Crippen LogP contribution in [0.1, 0.15) is 16.8 Å². The zero-order chi connectivity index (χ0) is 21.0. The minimum atomic E-state index is -0.254. The molecule has 3 aromatic carbocycles. The van der Waals surface area contributed by atoms with E-state index in [1.54, 1.807) is 16.9 Å². The van der Waals surface area contributed by atoms with Crippen molar-refractivity contribution in [3.8, 4) is 22.8 Å². The minimum absolute atomic E-state index is 0.254. The molecule has 2 heterocycles. The highest BCUT2D eigenvalue weighted by Gasteiger charge is 2.15. The number of ether oxygens (including phenoxy) is 2. The number of hydrogen-bond acceptors (Lipinski definition) is 5. The molecule has 0 saturated heterocycles. The first kappa shape index (κ1) is 19.3. The topological polar surface area (TPSA) is 61.2 Å². The lowest BCUT2D eigenvalue weighted by molar-refractivity contribution is 0.174. The Morgan fingerprint density at radius 2 is 1.61 bits per heavy atom. The number of fused-ring (bicyclic) bond motifs is 1. The first-order valence-electron chi connectivity index (χ1n) is 10.1. The maximum Gasteiger partial charge on any atom is 0.231 e. The van der Waals surface area contributed by atoms with Crippen LogP contribution in [0.3, 0.4) is 0 Å². The zero-order valence-electron chi connectivity index (χ0n) is 16.8. The van der Waals surface area contributed by atoms with E-state index < -0.39 is 0 Å². The largest absolute Gasteiger partial charge is 0.454 e. The third-order valence-electron chi connectivity index (χ3n) is 5.07. The second-order valence-electron chi connectivity index (χ2n) is 7.31. The second kappa shape index (κ2) is 8.57. The van der Waals surface area contributed by atoms with Crippen LogP contribution in [0.25, 0.3) is 11.3 Å². The van der Waals surface area contributed by atoms with Crippen LogP contribution >= 0.6 is 0 Å². The van der Waals surface area contributed by atoms with Crippen molar-refractivity contribution in [1.29, 1.82) is 0 Å². The zero-order valence-corrected chi connectivity index (χ0v) is 16.8. The first-order valence-corrected chi connectivity index (χ1v) is 10.1. The molecule has 0 amide bonds. The van der Waals surface area contributed by atoms with E-state index >= 15 is 0 Å². The molecule has 1 aromatic heterocycles. The predicted molar refractivity (Wildman–Crippen MR) is 114 cm³/mol. The Kier molecular flexibility index (Phi) is 5.33. The van der Waals surface area contributed by atoms with Gasteiger partial charge in [-0.25, -0.2) is 4.39 Å². The average Bonchev–Trinajstić information content (AvgIpc) is 3.42. The molecular weight excluding hydrogens is 395 g/mol. The van der Waals surface area contributed by atoms with Gasteiger partial charge in [-0.3, -0.25) is 0 Å². The van der Waals surface area contributed by atoms with Gasteiger partial charge in [-0.05, 0) is 35.4 Å². The molecule has 1 aliphatic rings. The average molecular weight is 416 g/mol. The molecule has 156 valence electrons. The molecule has 0 fully saturated rings. The molecule has 0 aliphatic carbocycles. The normalized spacial score (nSPS) is 12.3. The van der Waals surface area contributed by atoms with Crippen molar-refractivity contribution in [2.24, 2.45) is 0 Å². The van der Waals surface area contributed by atoms with Gasteiger partial charge in [0.2, 0.25) is 6.79 Å². The minimum Gasteiger partial charge on any atom is -0.454 e. The smallest absolute Gasteiger partial charge is 0.231 e. The van der Waals surface area contributed by atoms with Gasteiger partial charge >= 0.3 is 0 Å². The van der Waals surface area contributed by atoms with Gasteiger partial charge in [-0.1, -0.05) is 48.5 Å². The number of halogens is 1. The molecule has 4 aromatic rings. The predicted octanol–water partition coefficient (Wildman–Crippen LogP) is 4.15. The molecule has 0 atom stereocenters. The molecule has 31 heavy (non-hydrogen) atoms. The Balaban J connectivity index is 1.33. The van der Waals surface area contributed by atoms with E-state index in [0.717, 1.165) is 39.6 Å². The van der Waals surface area contributed by atoms with Gasteiger partial charge in [0, 0.05) is 18.7 Å². The fourth-order valence-corrected chi connectivity index (χ4v) is 3.52. The summed E-state index contributed by atoms with van der Waals surface area (Å²) < 4.78 is 24.0. The molecular formula is C24H21FN4O2. The van der Waals surface area contributed by atoms with Crippen LogP contribution in [-0.2, 0) is 19.6 Å². The van der Waals surface area contributed by atoms with Crippen LogP contribution in [-0.4, -0.2) is 21.8 Å². The van der Waals surface area contributed by atoms with Crippen LogP contribution in [0.15, 0.2) is 72.8 Å². The third-order valence-corrected chi connectivity index (χ3v) is 5.07. The van der Waals surface area contributed by atoms with Crippen molar-refractivity contribution in [2.45, 2.75) is 19.6 Å². The van der Waals surface area contributed by atoms with Gasteiger partial charge in [0.25, 0.3) is 0 Å². The summed E-state index contributed by atoms with van der Waals surface area (Å²) in [6.45, 7) is 1.96. The van der Waals surface area contributed by atoms with Crippen molar-refractivity contribution in [3.05, 3.63) is 95.4 Å². The molecule has 7 heteroatoms. The van der Waals surface area contributed by atoms with Crippen LogP contribution in [0, 0.1) is 5.82 Å². The Morgan fingerprint density at radius 3 is 2.45 bits per heavy atom. The van der Waals surface area contributed by atoms with Gasteiger partial charge in [-0.15, -0.1) is 0 Å². The Labute approximate surface area is 179 Å². The lowest BCUT2D eigenvalue weighted by Gasteiger charge is -2.05. The molecule has 0 unspecified atom stereocenters. The molecule has 0 bridgehead atoms. The summed E-state index contributed by atoms with van der Waals surface area (Å²) in [5, 5.41) is 12.8.